The van der Waals surface area contributed by atoms with E-state index in [2.05, 4.69) is 38.1 Å². The van der Waals surface area contributed by atoms with Crippen molar-refractivity contribution < 1.29 is 4.42 Å². The molecule has 1 heterocycles. The molecular formula is C13H14O. The highest BCUT2D eigenvalue weighted by molar-refractivity contribution is 5.32. The zero-order valence-electron chi connectivity index (χ0n) is 8.53. The van der Waals surface area contributed by atoms with Crippen LogP contribution in [0.2, 0.25) is 0 Å². The maximum atomic E-state index is 5.45. The Kier molecular flexibility index (Phi) is 2.16. The molecule has 0 saturated carbocycles. The predicted molar refractivity (Wildman–Crippen MR) is 57.3 cm³/mol. The average molecular weight is 186 g/mol. The Morgan fingerprint density at radius 1 is 0.929 bits per heavy atom. The summed E-state index contributed by atoms with van der Waals surface area (Å²) >= 11 is 0. The highest BCUT2D eigenvalue weighted by Crippen LogP contribution is 2.31. The van der Waals surface area contributed by atoms with Gasteiger partial charge in [-0.1, -0.05) is 30.3 Å². The zero-order valence-corrected chi connectivity index (χ0v) is 8.53. The molecule has 2 rings (SSSR count). The van der Waals surface area contributed by atoms with Gasteiger partial charge in [-0.25, -0.2) is 0 Å². The topological polar surface area (TPSA) is 13.1 Å². The van der Waals surface area contributed by atoms with E-state index < -0.39 is 0 Å². The molecule has 0 aliphatic carbocycles. The lowest BCUT2D eigenvalue weighted by Crippen LogP contribution is -2.17. The van der Waals surface area contributed by atoms with Gasteiger partial charge in [-0.05, 0) is 31.5 Å². The molecule has 2 aromatic rings. The Bertz CT molecular complexity index is 384. The van der Waals surface area contributed by atoms with Gasteiger partial charge in [0.15, 0.2) is 0 Å². The van der Waals surface area contributed by atoms with Gasteiger partial charge in [-0.15, -0.1) is 0 Å². The summed E-state index contributed by atoms with van der Waals surface area (Å²) in [5, 5.41) is 0. The zero-order chi connectivity index (χ0) is 10.0. The summed E-state index contributed by atoms with van der Waals surface area (Å²) in [6.07, 6.45) is 1.72. The van der Waals surface area contributed by atoms with Crippen molar-refractivity contribution in [2.45, 2.75) is 19.3 Å². The van der Waals surface area contributed by atoms with E-state index in [9.17, 15) is 0 Å². The number of furan rings is 1. The van der Waals surface area contributed by atoms with Gasteiger partial charge in [0.25, 0.3) is 0 Å². The van der Waals surface area contributed by atoms with Gasteiger partial charge in [0.1, 0.15) is 5.76 Å². The lowest BCUT2D eigenvalue weighted by Gasteiger charge is -2.22. The molecule has 0 amide bonds. The molecule has 1 aromatic carbocycles. The van der Waals surface area contributed by atoms with Crippen molar-refractivity contribution in [1.29, 1.82) is 0 Å². The third-order valence-corrected chi connectivity index (χ3v) is 2.63. The van der Waals surface area contributed by atoms with Crippen LogP contribution in [-0.4, -0.2) is 0 Å². The standard InChI is InChI=1S/C13H14O/c1-13(2,12-9-6-10-14-12)11-7-4-3-5-8-11/h3-10H,1-2H3. The molecule has 1 aromatic heterocycles. The highest BCUT2D eigenvalue weighted by Gasteiger charge is 2.25. The first-order valence-corrected chi connectivity index (χ1v) is 4.81. The Labute approximate surface area is 84.4 Å². The van der Waals surface area contributed by atoms with Crippen molar-refractivity contribution in [3.63, 3.8) is 0 Å². The van der Waals surface area contributed by atoms with E-state index in [-0.39, 0.29) is 5.41 Å². The maximum Gasteiger partial charge on any atom is 0.113 e. The fraction of sp³-hybridized carbons (Fsp3) is 0.231. The van der Waals surface area contributed by atoms with Crippen molar-refractivity contribution >= 4 is 0 Å². The summed E-state index contributed by atoms with van der Waals surface area (Å²) in [5.41, 5.74) is 1.22. The first-order valence-electron chi connectivity index (χ1n) is 4.81. The minimum absolute atomic E-state index is 0.0508. The fourth-order valence-corrected chi connectivity index (χ4v) is 1.63. The Hall–Kier alpha value is -1.50. The lowest BCUT2D eigenvalue weighted by atomic mass is 9.82. The second kappa shape index (κ2) is 3.33. The number of rotatable bonds is 2. The maximum absolute atomic E-state index is 5.45. The molecule has 0 atom stereocenters. The lowest BCUT2D eigenvalue weighted by molar-refractivity contribution is 0.429. The molecule has 0 unspecified atom stereocenters. The van der Waals surface area contributed by atoms with Crippen molar-refractivity contribution in [2.24, 2.45) is 0 Å². The summed E-state index contributed by atoms with van der Waals surface area (Å²) in [7, 11) is 0. The summed E-state index contributed by atoms with van der Waals surface area (Å²) < 4.78 is 5.45. The van der Waals surface area contributed by atoms with Gasteiger partial charge >= 0.3 is 0 Å². The quantitative estimate of drug-likeness (QED) is 0.698. The van der Waals surface area contributed by atoms with Crippen LogP contribution in [0.4, 0.5) is 0 Å². The third kappa shape index (κ3) is 1.46. The second-order valence-electron chi connectivity index (χ2n) is 3.97. The highest BCUT2D eigenvalue weighted by atomic mass is 16.3. The van der Waals surface area contributed by atoms with Crippen molar-refractivity contribution in [2.75, 3.05) is 0 Å². The molecule has 1 nitrogen and oxygen atoms in total. The van der Waals surface area contributed by atoms with E-state index in [1.54, 1.807) is 6.26 Å². The molecule has 0 aliphatic heterocycles. The summed E-state index contributed by atoms with van der Waals surface area (Å²) in [6, 6.07) is 14.3. The Balaban J connectivity index is 2.43. The van der Waals surface area contributed by atoms with Crippen LogP contribution >= 0.6 is 0 Å². The van der Waals surface area contributed by atoms with E-state index in [0.717, 1.165) is 5.76 Å². The Morgan fingerprint density at radius 2 is 1.64 bits per heavy atom. The van der Waals surface area contributed by atoms with Crippen molar-refractivity contribution in [3.8, 4) is 0 Å². The van der Waals surface area contributed by atoms with Crippen LogP contribution in [0.1, 0.15) is 25.2 Å². The molecular weight excluding hydrogens is 172 g/mol. The second-order valence-corrected chi connectivity index (χ2v) is 3.97. The van der Waals surface area contributed by atoms with Gasteiger partial charge in [0, 0.05) is 5.41 Å². The molecule has 0 radical (unpaired) electrons. The fourth-order valence-electron chi connectivity index (χ4n) is 1.63. The average Bonchev–Trinajstić information content (AvgIpc) is 2.72. The summed E-state index contributed by atoms with van der Waals surface area (Å²) in [6.45, 7) is 4.34. The molecule has 0 bridgehead atoms. The monoisotopic (exact) mass is 186 g/mol. The molecule has 0 N–H and O–H groups in total. The van der Waals surface area contributed by atoms with E-state index >= 15 is 0 Å². The molecule has 0 spiro atoms. The normalized spacial score (nSPS) is 11.6. The molecule has 0 fully saturated rings. The van der Waals surface area contributed by atoms with E-state index in [1.807, 2.05) is 18.2 Å². The number of hydrogen-bond acceptors (Lipinski definition) is 1. The van der Waals surface area contributed by atoms with Gasteiger partial charge < -0.3 is 4.42 Å². The molecule has 72 valence electrons. The smallest absolute Gasteiger partial charge is 0.113 e. The van der Waals surface area contributed by atoms with Crippen LogP contribution < -0.4 is 0 Å². The molecule has 0 aliphatic rings. The Morgan fingerprint density at radius 3 is 2.21 bits per heavy atom. The van der Waals surface area contributed by atoms with Crippen LogP contribution in [0.15, 0.2) is 53.1 Å². The van der Waals surface area contributed by atoms with Crippen LogP contribution in [0.5, 0.6) is 0 Å². The first kappa shape index (κ1) is 9.07. The summed E-state index contributed by atoms with van der Waals surface area (Å²) in [4.78, 5) is 0. The first-order chi connectivity index (χ1) is 6.71. The van der Waals surface area contributed by atoms with Crippen molar-refractivity contribution in [3.05, 3.63) is 60.1 Å². The predicted octanol–water partition coefficient (Wildman–Crippen LogP) is 3.61. The molecule has 1 heteroatoms. The number of hydrogen-bond donors (Lipinski definition) is 0. The minimum Gasteiger partial charge on any atom is -0.468 e. The summed E-state index contributed by atoms with van der Waals surface area (Å²) in [5.74, 6) is 1.00. The SMILES string of the molecule is CC(C)(c1ccccc1)c1ccco1. The third-order valence-electron chi connectivity index (χ3n) is 2.63. The van der Waals surface area contributed by atoms with Gasteiger partial charge in [-0.3, -0.25) is 0 Å². The molecule has 0 saturated heterocycles. The van der Waals surface area contributed by atoms with Crippen LogP contribution in [0.25, 0.3) is 0 Å². The van der Waals surface area contributed by atoms with Crippen LogP contribution in [0, 0.1) is 0 Å². The van der Waals surface area contributed by atoms with E-state index in [0.29, 0.717) is 0 Å². The molecule has 14 heavy (non-hydrogen) atoms. The van der Waals surface area contributed by atoms with Crippen molar-refractivity contribution in [1.82, 2.24) is 0 Å². The minimum atomic E-state index is -0.0508. The van der Waals surface area contributed by atoms with Crippen LogP contribution in [-0.2, 0) is 5.41 Å². The van der Waals surface area contributed by atoms with E-state index in [4.69, 9.17) is 4.42 Å². The number of benzene rings is 1. The van der Waals surface area contributed by atoms with Gasteiger partial charge in [0.05, 0.1) is 6.26 Å². The van der Waals surface area contributed by atoms with E-state index in [1.165, 1.54) is 5.56 Å². The largest absolute Gasteiger partial charge is 0.468 e. The van der Waals surface area contributed by atoms with Crippen LogP contribution in [0.3, 0.4) is 0 Å². The van der Waals surface area contributed by atoms with Gasteiger partial charge in [-0.2, -0.15) is 0 Å². The van der Waals surface area contributed by atoms with Gasteiger partial charge in [0.2, 0.25) is 0 Å².